The molecular weight excluding hydrogens is 325 g/mol. The van der Waals surface area contributed by atoms with Crippen molar-refractivity contribution in [1.82, 2.24) is 10.2 Å². The summed E-state index contributed by atoms with van der Waals surface area (Å²) < 4.78 is 55.3. The van der Waals surface area contributed by atoms with Crippen molar-refractivity contribution in [2.24, 2.45) is 0 Å². The van der Waals surface area contributed by atoms with Crippen LogP contribution in [0.1, 0.15) is 18.0 Å². The van der Waals surface area contributed by atoms with Gasteiger partial charge in [-0.1, -0.05) is 0 Å². The van der Waals surface area contributed by atoms with Gasteiger partial charge in [0, 0.05) is 43.9 Å². The molecule has 0 amide bonds. The van der Waals surface area contributed by atoms with Crippen LogP contribution in [0.15, 0.2) is 12.1 Å². The van der Waals surface area contributed by atoms with E-state index in [4.69, 9.17) is 14.2 Å². The fraction of sp³-hybridized carbons (Fsp3) is 0.625. The molecule has 1 atom stereocenters. The van der Waals surface area contributed by atoms with Crippen molar-refractivity contribution >= 4 is 0 Å². The monoisotopic (exact) mass is 348 g/mol. The van der Waals surface area contributed by atoms with E-state index in [-0.39, 0.29) is 0 Å². The summed E-state index contributed by atoms with van der Waals surface area (Å²) in [5.41, 5.74) is 0.453. The molecule has 5 nitrogen and oxygen atoms in total. The standard InChI is InChI=1S/C16H23F3N2O3/c1-22-13-9-15(24-3)14(23-2)8-11(13)12(10-16(17,18)19)21-6-4-20-5-7-21/h8-9,12,20H,4-7,10H2,1-3H3/t12-/m0/s1. The number of hydrogen-bond donors (Lipinski definition) is 1. The van der Waals surface area contributed by atoms with Gasteiger partial charge in [-0.15, -0.1) is 0 Å². The van der Waals surface area contributed by atoms with E-state index in [2.05, 4.69) is 5.32 Å². The molecule has 0 saturated carbocycles. The highest BCUT2D eigenvalue weighted by Gasteiger charge is 2.37. The average Bonchev–Trinajstić information content (AvgIpc) is 2.58. The summed E-state index contributed by atoms with van der Waals surface area (Å²) in [6.07, 6.45) is -5.23. The highest BCUT2D eigenvalue weighted by molar-refractivity contribution is 5.52. The molecule has 1 heterocycles. The Hall–Kier alpha value is -1.67. The highest BCUT2D eigenvalue weighted by atomic mass is 19.4. The van der Waals surface area contributed by atoms with Crippen molar-refractivity contribution in [2.45, 2.75) is 18.6 Å². The smallest absolute Gasteiger partial charge is 0.390 e. The molecule has 0 unspecified atom stereocenters. The van der Waals surface area contributed by atoms with Gasteiger partial charge in [0.15, 0.2) is 11.5 Å². The first-order valence-corrected chi connectivity index (χ1v) is 7.71. The Labute approximate surface area is 139 Å². The summed E-state index contributed by atoms with van der Waals surface area (Å²) in [5.74, 6) is 1.17. The first-order chi connectivity index (χ1) is 11.4. The highest BCUT2D eigenvalue weighted by Crippen LogP contribution is 2.43. The molecule has 1 aliphatic heterocycles. The van der Waals surface area contributed by atoms with Gasteiger partial charge in [-0.25, -0.2) is 0 Å². The number of alkyl halides is 3. The number of rotatable bonds is 6. The third kappa shape index (κ3) is 4.45. The fourth-order valence-electron chi connectivity index (χ4n) is 2.96. The van der Waals surface area contributed by atoms with Crippen LogP contribution >= 0.6 is 0 Å². The minimum absolute atomic E-state index is 0.362. The SMILES string of the molecule is COc1cc(OC)c([C@H](CC(F)(F)F)N2CCNCC2)cc1OC. The third-order valence-corrected chi connectivity index (χ3v) is 4.11. The van der Waals surface area contributed by atoms with Gasteiger partial charge in [0.05, 0.1) is 27.8 Å². The van der Waals surface area contributed by atoms with Crippen LogP contribution in [0.3, 0.4) is 0 Å². The van der Waals surface area contributed by atoms with Gasteiger partial charge in [0.1, 0.15) is 5.75 Å². The molecule has 24 heavy (non-hydrogen) atoms. The first-order valence-electron chi connectivity index (χ1n) is 7.71. The van der Waals surface area contributed by atoms with Gasteiger partial charge in [-0.3, -0.25) is 4.90 Å². The van der Waals surface area contributed by atoms with Crippen LogP contribution in [0.5, 0.6) is 17.2 Å². The van der Waals surface area contributed by atoms with Gasteiger partial charge >= 0.3 is 6.18 Å². The van der Waals surface area contributed by atoms with Gasteiger partial charge < -0.3 is 19.5 Å². The summed E-state index contributed by atoms with van der Waals surface area (Å²) in [5, 5.41) is 3.15. The molecule has 1 aromatic rings. The molecule has 136 valence electrons. The van der Waals surface area contributed by atoms with Crippen LogP contribution in [0.4, 0.5) is 13.2 Å². The van der Waals surface area contributed by atoms with E-state index >= 15 is 0 Å². The van der Waals surface area contributed by atoms with Gasteiger partial charge in [0.25, 0.3) is 0 Å². The summed E-state index contributed by atoms with van der Waals surface area (Å²) >= 11 is 0. The van der Waals surface area contributed by atoms with E-state index in [1.807, 2.05) is 4.90 Å². The van der Waals surface area contributed by atoms with Crippen molar-refractivity contribution in [1.29, 1.82) is 0 Å². The summed E-state index contributed by atoms with van der Waals surface area (Å²) in [7, 11) is 4.37. The average molecular weight is 348 g/mol. The molecule has 1 N–H and O–H groups in total. The molecule has 1 fully saturated rings. The van der Waals surface area contributed by atoms with Gasteiger partial charge in [-0.05, 0) is 6.07 Å². The van der Waals surface area contributed by atoms with Crippen LogP contribution < -0.4 is 19.5 Å². The number of benzene rings is 1. The Bertz CT molecular complexity index is 546. The number of hydrogen-bond acceptors (Lipinski definition) is 5. The number of ether oxygens (including phenoxy) is 3. The lowest BCUT2D eigenvalue weighted by Crippen LogP contribution is -2.46. The van der Waals surface area contributed by atoms with Gasteiger partial charge in [-0.2, -0.15) is 13.2 Å². The van der Waals surface area contributed by atoms with Crippen LogP contribution in [0.25, 0.3) is 0 Å². The molecule has 0 bridgehead atoms. The minimum Gasteiger partial charge on any atom is -0.496 e. The summed E-state index contributed by atoms with van der Waals surface area (Å²) in [6.45, 7) is 2.39. The Balaban J connectivity index is 2.46. The quantitative estimate of drug-likeness (QED) is 0.856. The van der Waals surface area contributed by atoms with E-state index in [1.165, 1.54) is 21.3 Å². The zero-order valence-electron chi connectivity index (χ0n) is 14.1. The Morgan fingerprint density at radius 3 is 2.04 bits per heavy atom. The maximum absolute atomic E-state index is 13.2. The molecule has 0 radical (unpaired) electrons. The summed E-state index contributed by atoms with van der Waals surface area (Å²) in [6, 6.07) is 2.32. The lowest BCUT2D eigenvalue weighted by molar-refractivity contribution is -0.148. The second-order valence-corrected chi connectivity index (χ2v) is 5.57. The second kappa shape index (κ2) is 7.94. The van der Waals surface area contributed by atoms with Crippen molar-refractivity contribution in [2.75, 3.05) is 47.5 Å². The van der Waals surface area contributed by atoms with Crippen molar-refractivity contribution in [3.8, 4) is 17.2 Å². The number of piperazine rings is 1. The number of nitrogens with one attached hydrogen (secondary N) is 1. The molecule has 8 heteroatoms. The Morgan fingerprint density at radius 2 is 1.54 bits per heavy atom. The number of halogens is 3. The third-order valence-electron chi connectivity index (χ3n) is 4.11. The van der Waals surface area contributed by atoms with Crippen molar-refractivity contribution in [3.05, 3.63) is 17.7 Å². The molecule has 1 aromatic carbocycles. The predicted molar refractivity (Wildman–Crippen MR) is 84.0 cm³/mol. The van der Waals surface area contributed by atoms with Gasteiger partial charge in [0.2, 0.25) is 0 Å². The lowest BCUT2D eigenvalue weighted by atomic mass is 9.99. The molecule has 0 aliphatic carbocycles. The Kier molecular flexibility index (Phi) is 6.17. The maximum Gasteiger partial charge on any atom is 0.390 e. The molecule has 1 saturated heterocycles. The van der Waals surface area contributed by atoms with Crippen LogP contribution in [0, 0.1) is 0 Å². The van der Waals surface area contributed by atoms with E-state index in [0.717, 1.165) is 0 Å². The number of methoxy groups -OCH3 is 3. The fourth-order valence-corrected chi connectivity index (χ4v) is 2.96. The largest absolute Gasteiger partial charge is 0.496 e. The van der Waals surface area contributed by atoms with Crippen LogP contribution in [-0.2, 0) is 0 Å². The predicted octanol–water partition coefficient (Wildman–Crippen LogP) is 2.61. The topological polar surface area (TPSA) is 43.0 Å². The zero-order chi connectivity index (χ0) is 17.7. The van der Waals surface area contributed by atoms with Crippen LogP contribution in [-0.4, -0.2) is 58.6 Å². The van der Waals surface area contributed by atoms with E-state index < -0.39 is 18.6 Å². The van der Waals surface area contributed by atoms with E-state index in [0.29, 0.717) is 49.0 Å². The van der Waals surface area contributed by atoms with Crippen LogP contribution in [0.2, 0.25) is 0 Å². The summed E-state index contributed by atoms with van der Waals surface area (Å²) in [4.78, 5) is 1.83. The molecule has 0 spiro atoms. The zero-order valence-corrected chi connectivity index (χ0v) is 14.1. The molecular formula is C16H23F3N2O3. The lowest BCUT2D eigenvalue weighted by Gasteiger charge is -2.36. The number of nitrogens with zero attached hydrogens (tertiary/aromatic N) is 1. The Morgan fingerprint density at radius 1 is 1.00 bits per heavy atom. The molecule has 2 rings (SSSR count). The normalized spacial score (nSPS) is 17.4. The van der Waals surface area contributed by atoms with E-state index in [9.17, 15) is 13.2 Å². The molecule has 1 aliphatic rings. The van der Waals surface area contributed by atoms with Crippen molar-refractivity contribution in [3.63, 3.8) is 0 Å². The van der Waals surface area contributed by atoms with E-state index in [1.54, 1.807) is 12.1 Å². The second-order valence-electron chi connectivity index (χ2n) is 5.57. The van der Waals surface area contributed by atoms with Crippen molar-refractivity contribution < 1.29 is 27.4 Å². The molecule has 0 aromatic heterocycles. The first kappa shape index (κ1) is 18.7. The maximum atomic E-state index is 13.2. The minimum atomic E-state index is -4.28.